The summed E-state index contributed by atoms with van der Waals surface area (Å²) in [7, 11) is 0. The van der Waals surface area contributed by atoms with Crippen LogP contribution in [0.2, 0.25) is 0 Å². The first-order chi connectivity index (χ1) is 39.5. The largest absolute Gasteiger partial charge is 0.462 e. The maximum atomic E-state index is 12.9. The topological polar surface area (TPSA) is 78.9 Å². The van der Waals surface area contributed by atoms with Crippen molar-refractivity contribution < 1.29 is 28.6 Å². The predicted octanol–water partition coefficient (Wildman–Crippen LogP) is 23.4. The first-order valence-electron chi connectivity index (χ1n) is 33.9. The van der Waals surface area contributed by atoms with E-state index in [-0.39, 0.29) is 31.1 Å². The van der Waals surface area contributed by atoms with Gasteiger partial charge in [-0.1, -0.05) is 291 Å². The lowest BCUT2D eigenvalue weighted by molar-refractivity contribution is -0.167. The van der Waals surface area contributed by atoms with Crippen LogP contribution >= 0.6 is 0 Å². The molecule has 0 bridgehead atoms. The van der Waals surface area contributed by atoms with Gasteiger partial charge in [-0.2, -0.15) is 0 Å². The highest BCUT2D eigenvalue weighted by atomic mass is 16.6. The number of unbranched alkanes of at least 4 members (excludes halogenated alkanes) is 32. The third-order valence-electron chi connectivity index (χ3n) is 14.5. The van der Waals surface area contributed by atoms with E-state index in [1.165, 1.54) is 154 Å². The van der Waals surface area contributed by atoms with Gasteiger partial charge in [0.25, 0.3) is 0 Å². The normalized spacial score (nSPS) is 12.8. The summed E-state index contributed by atoms with van der Waals surface area (Å²) in [5.41, 5.74) is 0. The number of esters is 3. The Labute approximate surface area is 495 Å². The number of hydrogen-bond donors (Lipinski definition) is 0. The van der Waals surface area contributed by atoms with Crippen LogP contribution in [-0.4, -0.2) is 37.2 Å². The average Bonchev–Trinajstić information content (AvgIpc) is 3.46. The van der Waals surface area contributed by atoms with Gasteiger partial charge in [0, 0.05) is 19.3 Å². The number of ether oxygens (including phenoxy) is 3. The summed E-state index contributed by atoms with van der Waals surface area (Å²) < 4.78 is 16.9. The first kappa shape index (κ1) is 76.1. The molecule has 0 radical (unpaired) electrons. The standard InChI is InChI=1S/C74H126O6/c1-4-7-10-13-16-19-22-24-26-28-30-31-32-33-34-35-36-37-38-39-40-41-42-43-45-46-48-50-52-55-58-61-64-67-73(76)79-70-71(69-78-72(75)66-63-60-57-54-21-18-15-12-9-6-3)80-74(77)68-65-62-59-56-53-51-49-47-44-29-27-25-23-20-17-14-11-8-5-2/h7,10,12,15-17,19-20,24-27,30-31,33-34,44,47,71H,4-6,8-9,11,13-14,18,21-23,28-29,32,35-43,45-46,48-70H2,1-3H3/b10-7-,15-12-,19-16-,20-17-,26-24-,27-25-,31-30-,34-33-,47-44-. The minimum atomic E-state index is -0.788. The predicted molar refractivity (Wildman–Crippen MR) is 348 cm³/mol. The Morgan fingerprint density at radius 1 is 0.263 bits per heavy atom. The SMILES string of the molecule is CC/C=C\C/C=C\C/C=C\C/C=C\C/C=C\CCCCCCCCCCCCCCCCCCCC(=O)OCC(COC(=O)CCCCCCC/C=C\CCC)OC(=O)CCCCCCCC/C=C\C/C=C\C/C=C\CCCCC. The van der Waals surface area contributed by atoms with Crippen LogP contribution in [0, 0.1) is 0 Å². The van der Waals surface area contributed by atoms with E-state index in [4.69, 9.17) is 14.2 Å². The lowest BCUT2D eigenvalue weighted by atomic mass is 10.0. The molecule has 0 saturated heterocycles. The van der Waals surface area contributed by atoms with E-state index in [0.717, 1.165) is 128 Å². The van der Waals surface area contributed by atoms with Crippen LogP contribution < -0.4 is 0 Å². The van der Waals surface area contributed by atoms with Gasteiger partial charge in [-0.05, 0) is 122 Å². The van der Waals surface area contributed by atoms with Crippen LogP contribution in [0.1, 0.15) is 323 Å². The molecule has 458 valence electrons. The van der Waals surface area contributed by atoms with Crippen LogP contribution in [0.4, 0.5) is 0 Å². The summed E-state index contributed by atoms with van der Waals surface area (Å²) in [6.45, 7) is 6.44. The molecule has 0 rings (SSSR count). The molecule has 6 heteroatoms. The molecule has 0 aromatic rings. The molecule has 0 heterocycles. The molecule has 6 nitrogen and oxygen atoms in total. The summed E-state index contributed by atoms with van der Waals surface area (Å²) in [6, 6.07) is 0. The molecule has 0 aliphatic heterocycles. The van der Waals surface area contributed by atoms with Crippen LogP contribution in [0.25, 0.3) is 0 Å². The molecule has 0 aromatic carbocycles. The monoisotopic (exact) mass is 1110 g/mol. The van der Waals surface area contributed by atoms with Gasteiger partial charge in [-0.15, -0.1) is 0 Å². The van der Waals surface area contributed by atoms with E-state index >= 15 is 0 Å². The Balaban J connectivity index is 4.15. The second-order valence-electron chi connectivity index (χ2n) is 22.3. The number of hydrogen-bond acceptors (Lipinski definition) is 6. The minimum absolute atomic E-state index is 0.0840. The maximum absolute atomic E-state index is 12.9. The second kappa shape index (κ2) is 67.6. The molecule has 1 unspecified atom stereocenters. The maximum Gasteiger partial charge on any atom is 0.306 e. The highest BCUT2D eigenvalue weighted by Crippen LogP contribution is 2.17. The Hall–Kier alpha value is -3.93. The molecule has 0 aliphatic rings. The summed E-state index contributed by atoms with van der Waals surface area (Å²) in [6.07, 6.45) is 92.6. The van der Waals surface area contributed by atoms with Crippen molar-refractivity contribution in [2.75, 3.05) is 13.2 Å². The van der Waals surface area contributed by atoms with Crippen molar-refractivity contribution in [3.05, 3.63) is 109 Å². The molecule has 0 spiro atoms. The molecule has 0 aromatic heterocycles. The van der Waals surface area contributed by atoms with Gasteiger partial charge in [-0.3, -0.25) is 14.4 Å². The van der Waals surface area contributed by atoms with Crippen molar-refractivity contribution in [1.29, 1.82) is 0 Å². The van der Waals surface area contributed by atoms with Crippen LogP contribution in [-0.2, 0) is 28.6 Å². The third-order valence-corrected chi connectivity index (χ3v) is 14.5. The quantitative estimate of drug-likeness (QED) is 0.0261. The van der Waals surface area contributed by atoms with Crippen LogP contribution in [0.5, 0.6) is 0 Å². The van der Waals surface area contributed by atoms with Gasteiger partial charge in [0.05, 0.1) is 0 Å². The van der Waals surface area contributed by atoms with E-state index in [1.807, 2.05) is 0 Å². The zero-order valence-electron chi connectivity index (χ0n) is 52.6. The van der Waals surface area contributed by atoms with Crippen molar-refractivity contribution in [1.82, 2.24) is 0 Å². The molecule has 1 atom stereocenters. The lowest BCUT2D eigenvalue weighted by Crippen LogP contribution is -2.30. The Morgan fingerprint density at radius 2 is 0.512 bits per heavy atom. The van der Waals surface area contributed by atoms with E-state index in [2.05, 4.69) is 130 Å². The Kier molecular flexibility index (Phi) is 64.3. The highest BCUT2D eigenvalue weighted by molar-refractivity contribution is 5.71. The number of carbonyl (C=O) groups excluding carboxylic acids is 3. The minimum Gasteiger partial charge on any atom is -0.462 e. The molecule has 0 saturated carbocycles. The summed E-state index contributed by atoms with van der Waals surface area (Å²) in [5.74, 6) is -0.898. The molecular weight excluding hydrogens is 985 g/mol. The fourth-order valence-corrected chi connectivity index (χ4v) is 9.42. The van der Waals surface area contributed by atoms with E-state index in [9.17, 15) is 14.4 Å². The summed E-state index contributed by atoms with van der Waals surface area (Å²) >= 11 is 0. The second-order valence-corrected chi connectivity index (χ2v) is 22.3. The fraction of sp³-hybridized carbons (Fsp3) is 0.716. The number of rotatable bonds is 61. The molecule has 0 aliphatic carbocycles. The van der Waals surface area contributed by atoms with Gasteiger partial charge >= 0.3 is 17.9 Å². The van der Waals surface area contributed by atoms with Gasteiger partial charge in [0.2, 0.25) is 0 Å². The van der Waals surface area contributed by atoms with Crippen LogP contribution in [0.15, 0.2) is 109 Å². The Morgan fingerprint density at radius 3 is 0.825 bits per heavy atom. The number of allylic oxidation sites excluding steroid dienone is 18. The van der Waals surface area contributed by atoms with Crippen molar-refractivity contribution >= 4 is 17.9 Å². The van der Waals surface area contributed by atoms with Gasteiger partial charge in [0.1, 0.15) is 13.2 Å². The third kappa shape index (κ3) is 64.9. The molecule has 0 N–H and O–H groups in total. The Bertz CT molecular complexity index is 1610. The summed E-state index contributed by atoms with van der Waals surface area (Å²) in [4.78, 5) is 38.3. The lowest BCUT2D eigenvalue weighted by Gasteiger charge is -2.18. The molecule has 0 fully saturated rings. The number of carbonyl (C=O) groups is 3. The van der Waals surface area contributed by atoms with Gasteiger partial charge in [-0.25, -0.2) is 0 Å². The van der Waals surface area contributed by atoms with Crippen molar-refractivity contribution in [2.45, 2.75) is 329 Å². The summed E-state index contributed by atoms with van der Waals surface area (Å²) in [5, 5.41) is 0. The molecular formula is C74H126O6. The average molecular weight is 1110 g/mol. The highest BCUT2D eigenvalue weighted by Gasteiger charge is 2.19. The zero-order valence-corrected chi connectivity index (χ0v) is 52.6. The van der Waals surface area contributed by atoms with E-state index in [0.29, 0.717) is 19.3 Å². The smallest absolute Gasteiger partial charge is 0.306 e. The van der Waals surface area contributed by atoms with Gasteiger partial charge in [0.15, 0.2) is 6.10 Å². The van der Waals surface area contributed by atoms with Crippen LogP contribution in [0.3, 0.4) is 0 Å². The van der Waals surface area contributed by atoms with Crippen molar-refractivity contribution in [3.63, 3.8) is 0 Å². The molecule has 0 amide bonds. The zero-order chi connectivity index (χ0) is 57.8. The first-order valence-corrected chi connectivity index (χ1v) is 33.9. The van der Waals surface area contributed by atoms with Crippen molar-refractivity contribution in [3.8, 4) is 0 Å². The fourth-order valence-electron chi connectivity index (χ4n) is 9.42. The molecule has 80 heavy (non-hydrogen) atoms. The van der Waals surface area contributed by atoms with Gasteiger partial charge < -0.3 is 14.2 Å². The van der Waals surface area contributed by atoms with E-state index < -0.39 is 6.10 Å². The van der Waals surface area contributed by atoms with E-state index in [1.54, 1.807) is 0 Å². The van der Waals surface area contributed by atoms with Crippen molar-refractivity contribution in [2.24, 2.45) is 0 Å².